The molecule has 0 aliphatic rings. The number of fused-ring (bicyclic) bond motifs is 1. The van der Waals surface area contributed by atoms with Gasteiger partial charge in [0.2, 0.25) is 0 Å². The lowest BCUT2D eigenvalue weighted by Gasteiger charge is -1.96. The zero-order valence-electron chi connectivity index (χ0n) is 8.83. The number of nitrogens with zero attached hydrogens (tertiary/aromatic N) is 4. The predicted octanol–water partition coefficient (Wildman–Crippen LogP) is 2.10. The Balaban J connectivity index is 2.33. The van der Waals surface area contributed by atoms with Crippen LogP contribution in [0.5, 0.6) is 0 Å². The average molecular weight is 210 g/mol. The molecule has 4 heteroatoms. The fourth-order valence-electron chi connectivity index (χ4n) is 1.81. The lowest BCUT2D eigenvalue weighted by molar-refractivity contribution is 1.03. The van der Waals surface area contributed by atoms with E-state index in [4.69, 9.17) is 0 Å². The lowest BCUT2D eigenvalue weighted by Crippen LogP contribution is -1.86. The molecule has 0 aliphatic carbocycles. The van der Waals surface area contributed by atoms with Crippen LogP contribution in [-0.2, 0) is 0 Å². The van der Waals surface area contributed by atoms with Gasteiger partial charge >= 0.3 is 0 Å². The molecule has 0 atom stereocenters. The van der Waals surface area contributed by atoms with E-state index < -0.39 is 0 Å². The van der Waals surface area contributed by atoms with Crippen LogP contribution < -0.4 is 0 Å². The van der Waals surface area contributed by atoms with Gasteiger partial charge in [-0.2, -0.15) is 0 Å². The molecule has 16 heavy (non-hydrogen) atoms. The van der Waals surface area contributed by atoms with Crippen LogP contribution in [0.25, 0.3) is 16.8 Å². The molecule has 0 bridgehead atoms. The molecule has 0 radical (unpaired) electrons. The highest BCUT2D eigenvalue weighted by atomic mass is 15.0. The van der Waals surface area contributed by atoms with E-state index in [0.717, 1.165) is 22.6 Å². The summed E-state index contributed by atoms with van der Waals surface area (Å²) in [5, 5.41) is 0. The summed E-state index contributed by atoms with van der Waals surface area (Å²) < 4.78 is 2.02. The molecule has 0 saturated heterocycles. The van der Waals surface area contributed by atoms with Gasteiger partial charge in [-0.3, -0.25) is 9.97 Å². The van der Waals surface area contributed by atoms with Gasteiger partial charge in [-0.25, -0.2) is 4.98 Å². The Bertz CT molecular complexity index is 628. The average Bonchev–Trinajstić information content (AvgIpc) is 2.69. The Morgan fingerprint density at radius 2 is 2.00 bits per heavy atom. The van der Waals surface area contributed by atoms with E-state index in [9.17, 15) is 0 Å². The van der Waals surface area contributed by atoms with Crippen LogP contribution in [0.4, 0.5) is 0 Å². The van der Waals surface area contributed by atoms with Crippen molar-refractivity contribution in [3.8, 4) is 11.3 Å². The number of hydrogen-bond acceptors (Lipinski definition) is 3. The largest absolute Gasteiger partial charge is 0.300 e. The van der Waals surface area contributed by atoms with Crippen LogP contribution in [0.2, 0.25) is 0 Å². The standard InChI is InChI=1S/C12H10N4/c1-9-15-12(10-3-2-4-13-7-10)11-8-14-5-6-16(9)11/h2-8H,1H3. The number of hydrogen-bond donors (Lipinski definition) is 0. The van der Waals surface area contributed by atoms with Crippen LogP contribution >= 0.6 is 0 Å². The predicted molar refractivity (Wildman–Crippen MR) is 61.0 cm³/mol. The zero-order valence-corrected chi connectivity index (χ0v) is 8.83. The molecule has 3 heterocycles. The maximum Gasteiger partial charge on any atom is 0.110 e. The number of aromatic nitrogens is 4. The summed E-state index contributed by atoms with van der Waals surface area (Å²) >= 11 is 0. The minimum atomic E-state index is 0.929. The summed E-state index contributed by atoms with van der Waals surface area (Å²) in [5.41, 5.74) is 2.95. The summed E-state index contributed by atoms with van der Waals surface area (Å²) in [5.74, 6) is 0.955. The second-order valence-electron chi connectivity index (χ2n) is 3.58. The highest BCUT2D eigenvalue weighted by molar-refractivity contribution is 5.76. The van der Waals surface area contributed by atoms with Crippen LogP contribution in [0.1, 0.15) is 5.82 Å². The maximum absolute atomic E-state index is 4.54. The topological polar surface area (TPSA) is 43.1 Å². The molecule has 0 unspecified atom stereocenters. The SMILES string of the molecule is Cc1nc(-c2cccnc2)c2cnccn12. The molecule has 78 valence electrons. The summed E-state index contributed by atoms with van der Waals surface area (Å²) in [4.78, 5) is 12.8. The molecule has 0 aliphatic heterocycles. The van der Waals surface area contributed by atoms with Crippen molar-refractivity contribution in [1.82, 2.24) is 19.4 Å². The molecule has 3 rings (SSSR count). The molecule has 4 nitrogen and oxygen atoms in total. The maximum atomic E-state index is 4.54. The Morgan fingerprint density at radius 1 is 1.12 bits per heavy atom. The van der Waals surface area contributed by atoms with Gasteiger partial charge in [0.1, 0.15) is 5.82 Å². The molecule has 0 aromatic carbocycles. The molecule has 0 saturated carbocycles. The van der Waals surface area contributed by atoms with Crippen molar-refractivity contribution in [2.45, 2.75) is 6.92 Å². The summed E-state index contributed by atoms with van der Waals surface area (Å²) in [6.07, 6.45) is 9.07. The van der Waals surface area contributed by atoms with Gasteiger partial charge in [-0.15, -0.1) is 0 Å². The van der Waals surface area contributed by atoms with Crippen LogP contribution in [0.3, 0.4) is 0 Å². The fraction of sp³-hybridized carbons (Fsp3) is 0.0833. The number of pyridine rings is 1. The Morgan fingerprint density at radius 3 is 2.81 bits per heavy atom. The molecular weight excluding hydrogens is 200 g/mol. The minimum absolute atomic E-state index is 0.929. The van der Waals surface area contributed by atoms with Crippen molar-refractivity contribution < 1.29 is 0 Å². The smallest absolute Gasteiger partial charge is 0.110 e. The normalized spacial score (nSPS) is 10.8. The van der Waals surface area contributed by atoms with Gasteiger partial charge in [-0.1, -0.05) is 0 Å². The first-order chi connectivity index (χ1) is 7.86. The van der Waals surface area contributed by atoms with E-state index in [1.54, 1.807) is 12.4 Å². The van der Waals surface area contributed by atoms with Crippen LogP contribution in [0.15, 0.2) is 43.1 Å². The first-order valence-corrected chi connectivity index (χ1v) is 5.05. The fourth-order valence-corrected chi connectivity index (χ4v) is 1.81. The van der Waals surface area contributed by atoms with Crippen molar-refractivity contribution in [2.24, 2.45) is 0 Å². The highest BCUT2D eigenvalue weighted by Crippen LogP contribution is 2.22. The van der Waals surface area contributed by atoms with Crippen molar-refractivity contribution in [3.05, 3.63) is 48.9 Å². The third kappa shape index (κ3) is 1.27. The third-order valence-corrected chi connectivity index (χ3v) is 2.56. The van der Waals surface area contributed by atoms with Crippen LogP contribution in [0, 0.1) is 6.92 Å². The van der Waals surface area contributed by atoms with E-state index in [2.05, 4.69) is 15.0 Å². The van der Waals surface area contributed by atoms with Gasteiger partial charge in [0.05, 0.1) is 17.4 Å². The molecular formula is C12H10N4. The van der Waals surface area contributed by atoms with Crippen molar-refractivity contribution >= 4 is 5.52 Å². The molecule has 0 N–H and O–H groups in total. The second kappa shape index (κ2) is 3.41. The van der Waals surface area contributed by atoms with E-state index in [1.807, 2.05) is 42.0 Å². The second-order valence-corrected chi connectivity index (χ2v) is 3.58. The Kier molecular flexibility index (Phi) is 1.93. The summed E-state index contributed by atoms with van der Waals surface area (Å²) in [7, 11) is 0. The Labute approximate surface area is 92.6 Å². The van der Waals surface area contributed by atoms with Crippen molar-refractivity contribution in [3.63, 3.8) is 0 Å². The quantitative estimate of drug-likeness (QED) is 0.617. The van der Waals surface area contributed by atoms with Gasteiger partial charge < -0.3 is 4.40 Å². The minimum Gasteiger partial charge on any atom is -0.300 e. The van der Waals surface area contributed by atoms with Crippen molar-refractivity contribution in [1.29, 1.82) is 0 Å². The summed E-state index contributed by atoms with van der Waals surface area (Å²) in [6, 6.07) is 3.91. The molecule has 3 aromatic rings. The monoisotopic (exact) mass is 210 g/mol. The van der Waals surface area contributed by atoms with Gasteiger partial charge in [-0.05, 0) is 19.1 Å². The van der Waals surface area contributed by atoms with E-state index in [0.29, 0.717) is 0 Å². The van der Waals surface area contributed by atoms with E-state index in [-0.39, 0.29) is 0 Å². The highest BCUT2D eigenvalue weighted by Gasteiger charge is 2.09. The number of aryl methyl sites for hydroxylation is 1. The van der Waals surface area contributed by atoms with Crippen molar-refractivity contribution in [2.75, 3.05) is 0 Å². The van der Waals surface area contributed by atoms with Gasteiger partial charge in [0.15, 0.2) is 0 Å². The zero-order chi connectivity index (χ0) is 11.0. The van der Waals surface area contributed by atoms with Gasteiger partial charge in [0, 0.05) is 30.4 Å². The molecule has 0 fully saturated rings. The third-order valence-electron chi connectivity index (χ3n) is 2.56. The number of rotatable bonds is 1. The first-order valence-electron chi connectivity index (χ1n) is 5.05. The van der Waals surface area contributed by atoms with E-state index >= 15 is 0 Å². The Hall–Kier alpha value is -2.23. The molecule has 0 spiro atoms. The number of imidazole rings is 1. The summed E-state index contributed by atoms with van der Waals surface area (Å²) in [6.45, 7) is 1.98. The van der Waals surface area contributed by atoms with Crippen LogP contribution in [-0.4, -0.2) is 19.4 Å². The molecule has 3 aromatic heterocycles. The van der Waals surface area contributed by atoms with E-state index in [1.165, 1.54) is 0 Å². The first kappa shape index (κ1) is 9.03. The van der Waals surface area contributed by atoms with Gasteiger partial charge in [0.25, 0.3) is 0 Å². The molecule has 0 amide bonds. The lowest BCUT2D eigenvalue weighted by atomic mass is 10.2.